The monoisotopic (exact) mass is 420 g/mol. The first-order valence-electron chi connectivity index (χ1n) is 8.39. The lowest BCUT2D eigenvalue weighted by atomic mass is 9.78. The summed E-state index contributed by atoms with van der Waals surface area (Å²) in [5, 5.41) is 13.5. The average molecular weight is 421 g/mol. The molecule has 0 aliphatic carbocycles. The lowest BCUT2D eigenvalue weighted by Gasteiger charge is -2.31. The molecule has 2 aromatic rings. The molecular formula is C20H25BrN2O3. The molecule has 1 unspecified atom stereocenters. The number of aliphatic hydroxyl groups excluding tert-OH is 1. The first-order valence-corrected chi connectivity index (χ1v) is 9.18. The van der Waals surface area contributed by atoms with Gasteiger partial charge in [-0.3, -0.25) is 10.3 Å². The van der Waals surface area contributed by atoms with E-state index in [-0.39, 0.29) is 0 Å². The van der Waals surface area contributed by atoms with Crippen LogP contribution in [0.5, 0.6) is 0 Å². The van der Waals surface area contributed by atoms with E-state index in [4.69, 9.17) is 4.74 Å². The Bertz CT molecular complexity index is 767. The van der Waals surface area contributed by atoms with Crippen LogP contribution >= 0.6 is 15.9 Å². The molecule has 1 aromatic carbocycles. The Hall–Kier alpha value is -1.92. The van der Waals surface area contributed by atoms with Gasteiger partial charge in [0.1, 0.15) is 11.7 Å². The van der Waals surface area contributed by atoms with Crippen LogP contribution in [0.1, 0.15) is 52.0 Å². The third-order valence-electron chi connectivity index (χ3n) is 3.96. The van der Waals surface area contributed by atoms with Crippen molar-refractivity contribution in [1.82, 2.24) is 4.98 Å². The number of carbonyl (C=O) groups is 1. The standard InChI is InChI=1S/C20H25BrN2O3/c1-19(2,3)26-18(25)23-15-9-10-16(22-12-15)17(24)20(4,5)13-7-6-8-14(21)11-13/h6-12,17,24H,1-5H3,(H,23,25). The van der Waals surface area contributed by atoms with E-state index in [2.05, 4.69) is 26.2 Å². The fraction of sp³-hybridized carbons (Fsp3) is 0.400. The van der Waals surface area contributed by atoms with E-state index in [9.17, 15) is 9.90 Å². The van der Waals surface area contributed by atoms with Crippen LogP contribution in [0, 0.1) is 0 Å². The van der Waals surface area contributed by atoms with E-state index in [1.165, 1.54) is 6.20 Å². The molecule has 26 heavy (non-hydrogen) atoms. The number of benzene rings is 1. The molecule has 0 aliphatic heterocycles. The van der Waals surface area contributed by atoms with Crippen LogP contribution in [-0.2, 0) is 10.2 Å². The third kappa shape index (κ3) is 5.29. The highest BCUT2D eigenvalue weighted by atomic mass is 79.9. The minimum Gasteiger partial charge on any atom is -0.444 e. The van der Waals surface area contributed by atoms with Crippen molar-refractivity contribution < 1.29 is 14.6 Å². The molecular weight excluding hydrogens is 396 g/mol. The first-order chi connectivity index (χ1) is 12.0. The number of aromatic nitrogens is 1. The minimum absolute atomic E-state index is 0.510. The lowest BCUT2D eigenvalue weighted by molar-refractivity contribution is 0.0636. The van der Waals surface area contributed by atoms with Crippen LogP contribution in [0.4, 0.5) is 10.5 Å². The van der Waals surface area contributed by atoms with Gasteiger partial charge < -0.3 is 9.84 Å². The van der Waals surface area contributed by atoms with Crippen LogP contribution in [0.2, 0.25) is 0 Å². The lowest BCUT2D eigenvalue weighted by Crippen LogP contribution is -2.28. The molecule has 0 aliphatic rings. The van der Waals surface area contributed by atoms with Gasteiger partial charge >= 0.3 is 6.09 Å². The molecule has 1 aromatic heterocycles. The molecule has 0 saturated heterocycles. The Labute approximate surface area is 162 Å². The molecule has 2 N–H and O–H groups in total. The number of nitrogens with zero attached hydrogens (tertiary/aromatic N) is 1. The smallest absolute Gasteiger partial charge is 0.412 e. The van der Waals surface area contributed by atoms with Crippen molar-refractivity contribution in [2.45, 2.75) is 51.7 Å². The van der Waals surface area contributed by atoms with Crippen molar-refractivity contribution in [2.75, 3.05) is 5.32 Å². The van der Waals surface area contributed by atoms with Crippen molar-refractivity contribution in [3.05, 3.63) is 58.3 Å². The Morgan fingerprint density at radius 2 is 1.88 bits per heavy atom. The van der Waals surface area contributed by atoms with Crippen molar-refractivity contribution in [1.29, 1.82) is 0 Å². The number of aliphatic hydroxyl groups is 1. The van der Waals surface area contributed by atoms with Gasteiger partial charge in [0, 0.05) is 9.89 Å². The number of nitrogens with one attached hydrogen (secondary N) is 1. The molecule has 0 saturated carbocycles. The Kier molecular flexibility index (Phi) is 6.09. The van der Waals surface area contributed by atoms with Gasteiger partial charge in [-0.25, -0.2) is 4.79 Å². The number of halogens is 1. The second-order valence-electron chi connectivity index (χ2n) is 7.73. The minimum atomic E-state index is -0.799. The van der Waals surface area contributed by atoms with E-state index in [1.54, 1.807) is 32.9 Å². The quantitative estimate of drug-likeness (QED) is 0.712. The predicted molar refractivity (Wildman–Crippen MR) is 106 cm³/mol. The van der Waals surface area contributed by atoms with Gasteiger partial charge in [-0.05, 0) is 50.6 Å². The van der Waals surface area contributed by atoms with Crippen LogP contribution in [-0.4, -0.2) is 21.8 Å². The zero-order valence-corrected chi connectivity index (χ0v) is 17.3. The van der Waals surface area contributed by atoms with Gasteiger partial charge in [0.2, 0.25) is 0 Å². The summed E-state index contributed by atoms with van der Waals surface area (Å²) in [5.41, 5.74) is 0.940. The molecule has 6 heteroatoms. The van der Waals surface area contributed by atoms with E-state index in [1.807, 2.05) is 38.1 Å². The molecule has 0 spiro atoms. The van der Waals surface area contributed by atoms with Gasteiger partial charge in [0.05, 0.1) is 17.6 Å². The van der Waals surface area contributed by atoms with Crippen LogP contribution in [0.25, 0.3) is 0 Å². The normalized spacial score (nSPS) is 13.2. The summed E-state index contributed by atoms with van der Waals surface area (Å²) in [6, 6.07) is 11.3. The highest BCUT2D eigenvalue weighted by molar-refractivity contribution is 9.10. The number of hydrogen-bond acceptors (Lipinski definition) is 4. The summed E-state index contributed by atoms with van der Waals surface area (Å²) >= 11 is 3.46. The fourth-order valence-electron chi connectivity index (χ4n) is 2.48. The summed E-state index contributed by atoms with van der Waals surface area (Å²) < 4.78 is 6.17. The average Bonchev–Trinajstić information content (AvgIpc) is 2.53. The van der Waals surface area contributed by atoms with Gasteiger partial charge in [-0.15, -0.1) is 0 Å². The fourth-order valence-corrected chi connectivity index (χ4v) is 2.88. The van der Waals surface area contributed by atoms with Gasteiger partial charge in [0.25, 0.3) is 0 Å². The molecule has 5 nitrogen and oxygen atoms in total. The zero-order valence-electron chi connectivity index (χ0n) is 15.7. The molecule has 0 radical (unpaired) electrons. The number of carbonyl (C=O) groups excluding carboxylic acids is 1. The van der Waals surface area contributed by atoms with E-state index in [0.717, 1.165) is 10.0 Å². The van der Waals surface area contributed by atoms with E-state index in [0.29, 0.717) is 11.4 Å². The molecule has 1 heterocycles. The molecule has 0 fully saturated rings. The largest absolute Gasteiger partial charge is 0.444 e. The highest BCUT2D eigenvalue weighted by Crippen LogP contribution is 2.37. The van der Waals surface area contributed by atoms with Crippen molar-refractivity contribution in [2.24, 2.45) is 0 Å². The summed E-state index contributed by atoms with van der Waals surface area (Å²) in [6.45, 7) is 9.33. The van der Waals surface area contributed by atoms with Gasteiger partial charge in [-0.1, -0.05) is 41.9 Å². The number of rotatable bonds is 4. The second-order valence-corrected chi connectivity index (χ2v) is 8.65. The summed E-state index contributed by atoms with van der Waals surface area (Å²) in [7, 11) is 0. The maximum Gasteiger partial charge on any atom is 0.412 e. The number of pyridine rings is 1. The summed E-state index contributed by atoms with van der Waals surface area (Å²) in [4.78, 5) is 16.1. The SMILES string of the molecule is CC(C)(C)OC(=O)Nc1ccc(C(O)C(C)(C)c2cccc(Br)c2)nc1. The van der Waals surface area contributed by atoms with Crippen LogP contribution in [0.3, 0.4) is 0 Å². The first kappa shape index (κ1) is 20.4. The molecule has 2 rings (SSSR count). The molecule has 1 atom stereocenters. The summed E-state index contributed by atoms with van der Waals surface area (Å²) in [5.74, 6) is 0. The van der Waals surface area contributed by atoms with E-state index < -0.39 is 23.2 Å². The topological polar surface area (TPSA) is 71.5 Å². The second kappa shape index (κ2) is 7.76. The summed E-state index contributed by atoms with van der Waals surface area (Å²) in [6.07, 6.45) is 0.175. The predicted octanol–water partition coefficient (Wildman–Crippen LogP) is 5.20. The maximum atomic E-state index is 11.8. The maximum absolute atomic E-state index is 11.8. The van der Waals surface area contributed by atoms with Crippen molar-refractivity contribution in [3.63, 3.8) is 0 Å². The Morgan fingerprint density at radius 3 is 2.42 bits per heavy atom. The third-order valence-corrected chi connectivity index (χ3v) is 4.46. The van der Waals surface area contributed by atoms with Gasteiger partial charge in [0.15, 0.2) is 0 Å². The number of ether oxygens (including phenoxy) is 1. The van der Waals surface area contributed by atoms with Gasteiger partial charge in [-0.2, -0.15) is 0 Å². The number of anilines is 1. The van der Waals surface area contributed by atoms with Crippen molar-refractivity contribution >= 4 is 27.7 Å². The van der Waals surface area contributed by atoms with Crippen LogP contribution in [0.15, 0.2) is 47.1 Å². The van der Waals surface area contributed by atoms with Crippen molar-refractivity contribution in [3.8, 4) is 0 Å². The molecule has 140 valence electrons. The number of amides is 1. The Morgan fingerprint density at radius 1 is 1.19 bits per heavy atom. The Balaban J connectivity index is 2.13. The molecule has 1 amide bonds. The number of hydrogen-bond donors (Lipinski definition) is 2. The highest BCUT2D eigenvalue weighted by Gasteiger charge is 2.32. The van der Waals surface area contributed by atoms with Crippen LogP contribution < -0.4 is 5.32 Å². The zero-order chi connectivity index (χ0) is 19.5. The van der Waals surface area contributed by atoms with E-state index >= 15 is 0 Å². The molecule has 0 bridgehead atoms.